The Kier molecular flexibility index (Phi) is 5.19. The minimum atomic E-state index is -0.458. The summed E-state index contributed by atoms with van der Waals surface area (Å²) >= 11 is 0. The van der Waals surface area contributed by atoms with Gasteiger partial charge in [-0.15, -0.1) is 0 Å². The van der Waals surface area contributed by atoms with Gasteiger partial charge >= 0.3 is 0 Å². The average Bonchev–Trinajstić information content (AvgIpc) is 2.60. The number of nitrogens with one attached hydrogen (secondary N) is 1. The van der Waals surface area contributed by atoms with Gasteiger partial charge in [-0.05, 0) is 61.4 Å². The van der Waals surface area contributed by atoms with Crippen molar-refractivity contribution in [2.24, 2.45) is 0 Å². The zero-order chi connectivity index (χ0) is 16.9. The van der Waals surface area contributed by atoms with Gasteiger partial charge < -0.3 is 10.1 Å². The van der Waals surface area contributed by atoms with Gasteiger partial charge in [-0.3, -0.25) is 4.79 Å². The molecular formula is C21H25NO2. The normalized spacial score (nSPS) is 17.7. The maximum absolute atomic E-state index is 12.7. The second-order valence-corrected chi connectivity index (χ2v) is 6.48. The first-order valence-corrected chi connectivity index (χ1v) is 8.79. The molecule has 1 amide bonds. The van der Waals surface area contributed by atoms with E-state index < -0.39 is 6.10 Å². The molecule has 3 nitrogen and oxygen atoms in total. The zero-order valence-corrected chi connectivity index (χ0v) is 14.4. The fraction of sp³-hybridized carbons (Fsp3) is 0.381. The predicted octanol–water partition coefficient (Wildman–Crippen LogP) is 4.35. The topological polar surface area (TPSA) is 38.3 Å². The highest BCUT2D eigenvalue weighted by atomic mass is 16.5. The average molecular weight is 323 g/mol. The summed E-state index contributed by atoms with van der Waals surface area (Å²) in [5.41, 5.74) is 3.73. The van der Waals surface area contributed by atoms with Gasteiger partial charge in [0, 0.05) is 0 Å². The lowest BCUT2D eigenvalue weighted by atomic mass is 9.87. The molecule has 2 aromatic carbocycles. The van der Waals surface area contributed by atoms with E-state index >= 15 is 0 Å². The van der Waals surface area contributed by atoms with Gasteiger partial charge in [-0.1, -0.05) is 43.3 Å². The van der Waals surface area contributed by atoms with E-state index in [-0.39, 0.29) is 11.9 Å². The van der Waals surface area contributed by atoms with E-state index in [0.717, 1.165) is 30.6 Å². The molecule has 0 fully saturated rings. The Balaban J connectivity index is 1.69. The molecule has 0 radical (unpaired) electrons. The van der Waals surface area contributed by atoms with Crippen molar-refractivity contribution < 1.29 is 9.53 Å². The van der Waals surface area contributed by atoms with E-state index in [0.29, 0.717) is 6.42 Å². The van der Waals surface area contributed by atoms with Crippen molar-refractivity contribution in [3.05, 3.63) is 65.2 Å². The van der Waals surface area contributed by atoms with Crippen molar-refractivity contribution in [2.75, 3.05) is 0 Å². The minimum Gasteiger partial charge on any atom is -0.481 e. The summed E-state index contributed by atoms with van der Waals surface area (Å²) in [4.78, 5) is 12.7. The highest BCUT2D eigenvalue weighted by Crippen LogP contribution is 2.29. The molecule has 1 N–H and O–H groups in total. The monoisotopic (exact) mass is 323 g/mol. The molecule has 2 aromatic rings. The lowest BCUT2D eigenvalue weighted by Crippen LogP contribution is -2.40. The van der Waals surface area contributed by atoms with Crippen LogP contribution in [0, 0.1) is 6.92 Å². The first kappa shape index (κ1) is 16.6. The van der Waals surface area contributed by atoms with Crippen molar-refractivity contribution in [1.29, 1.82) is 0 Å². The number of aryl methyl sites for hydroxylation is 2. The second-order valence-electron chi connectivity index (χ2n) is 6.48. The third-order valence-corrected chi connectivity index (χ3v) is 4.62. The van der Waals surface area contributed by atoms with Crippen LogP contribution in [0.4, 0.5) is 0 Å². The number of hydrogen-bond donors (Lipinski definition) is 1. The number of carbonyl (C=O) groups excluding carboxylic acids is 1. The molecule has 1 aliphatic carbocycles. The van der Waals surface area contributed by atoms with E-state index in [2.05, 4.69) is 23.5 Å². The van der Waals surface area contributed by atoms with Crippen LogP contribution in [0.3, 0.4) is 0 Å². The molecule has 0 aliphatic heterocycles. The van der Waals surface area contributed by atoms with Gasteiger partial charge in [0.25, 0.3) is 5.91 Å². The van der Waals surface area contributed by atoms with Crippen molar-refractivity contribution in [3.63, 3.8) is 0 Å². The number of ether oxygens (including phenoxy) is 1. The summed E-state index contributed by atoms with van der Waals surface area (Å²) in [5.74, 6) is 0.724. The van der Waals surface area contributed by atoms with E-state index in [4.69, 9.17) is 4.74 Å². The molecule has 126 valence electrons. The maximum Gasteiger partial charge on any atom is 0.261 e. The van der Waals surface area contributed by atoms with Crippen molar-refractivity contribution in [1.82, 2.24) is 5.32 Å². The Morgan fingerprint density at radius 2 is 2.08 bits per heavy atom. The minimum absolute atomic E-state index is 0.0271. The number of amides is 1. The largest absolute Gasteiger partial charge is 0.481 e. The molecule has 3 heteroatoms. The second kappa shape index (κ2) is 7.52. The van der Waals surface area contributed by atoms with Crippen LogP contribution < -0.4 is 10.1 Å². The summed E-state index contributed by atoms with van der Waals surface area (Å²) < 4.78 is 5.92. The number of carbonyl (C=O) groups is 1. The Morgan fingerprint density at radius 3 is 2.88 bits per heavy atom. The molecule has 2 atom stereocenters. The van der Waals surface area contributed by atoms with Crippen LogP contribution in [0.2, 0.25) is 0 Å². The van der Waals surface area contributed by atoms with Crippen LogP contribution in [0.5, 0.6) is 5.75 Å². The highest BCUT2D eigenvalue weighted by Gasteiger charge is 2.25. The zero-order valence-electron chi connectivity index (χ0n) is 14.4. The Hall–Kier alpha value is -2.29. The highest BCUT2D eigenvalue weighted by molar-refractivity contribution is 5.81. The summed E-state index contributed by atoms with van der Waals surface area (Å²) in [5, 5.41) is 3.20. The van der Waals surface area contributed by atoms with Gasteiger partial charge in [-0.25, -0.2) is 0 Å². The van der Waals surface area contributed by atoms with Gasteiger partial charge in [0.1, 0.15) is 5.75 Å². The van der Waals surface area contributed by atoms with Gasteiger partial charge in [-0.2, -0.15) is 0 Å². The van der Waals surface area contributed by atoms with Crippen LogP contribution in [0.15, 0.2) is 48.5 Å². The van der Waals surface area contributed by atoms with Crippen LogP contribution in [-0.4, -0.2) is 12.0 Å². The summed E-state index contributed by atoms with van der Waals surface area (Å²) in [6, 6.07) is 16.3. The third-order valence-electron chi connectivity index (χ3n) is 4.62. The molecule has 0 saturated heterocycles. The van der Waals surface area contributed by atoms with Crippen molar-refractivity contribution in [2.45, 2.75) is 51.7 Å². The van der Waals surface area contributed by atoms with E-state index in [9.17, 15) is 4.79 Å². The molecule has 0 heterocycles. The fourth-order valence-corrected chi connectivity index (χ4v) is 3.34. The van der Waals surface area contributed by atoms with Gasteiger partial charge in [0.05, 0.1) is 6.04 Å². The Morgan fingerprint density at radius 1 is 1.25 bits per heavy atom. The number of benzene rings is 2. The lowest BCUT2D eigenvalue weighted by molar-refractivity contribution is -0.129. The molecule has 3 rings (SSSR count). The SMILES string of the molecule is CC[C@H](Oc1cccc(C)c1)C(=O)N[C@@H]1CCCc2ccccc21. The van der Waals surface area contributed by atoms with Gasteiger partial charge in [0.2, 0.25) is 0 Å². The molecule has 1 aliphatic rings. The third kappa shape index (κ3) is 3.78. The molecule has 24 heavy (non-hydrogen) atoms. The van der Waals surface area contributed by atoms with E-state index in [1.54, 1.807) is 0 Å². The standard InChI is InChI=1S/C21H25NO2/c1-3-20(24-17-11-6-8-15(2)14-17)21(23)22-19-13-7-10-16-9-4-5-12-18(16)19/h4-6,8-9,11-12,14,19-20H,3,7,10,13H2,1-2H3,(H,22,23)/t19-,20+/m1/s1. The van der Waals surface area contributed by atoms with Crippen molar-refractivity contribution >= 4 is 5.91 Å². The first-order valence-electron chi connectivity index (χ1n) is 8.79. The summed E-state index contributed by atoms with van der Waals surface area (Å²) in [7, 11) is 0. The van der Waals surface area contributed by atoms with E-state index in [1.165, 1.54) is 11.1 Å². The van der Waals surface area contributed by atoms with Crippen LogP contribution in [0.25, 0.3) is 0 Å². The molecule has 0 spiro atoms. The van der Waals surface area contributed by atoms with Crippen molar-refractivity contribution in [3.8, 4) is 5.75 Å². The summed E-state index contributed by atoms with van der Waals surface area (Å²) in [6.45, 7) is 4.00. The summed E-state index contributed by atoms with van der Waals surface area (Å²) in [6.07, 6.45) is 3.38. The smallest absolute Gasteiger partial charge is 0.261 e. The number of fused-ring (bicyclic) bond motifs is 1. The number of hydrogen-bond acceptors (Lipinski definition) is 2. The Bertz CT molecular complexity index is 710. The van der Waals surface area contributed by atoms with Gasteiger partial charge in [0.15, 0.2) is 6.10 Å². The maximum atomic E-state index is 12.7. The van der Waals surface area contributed by atoms with Crippen LogP contribution in [0.1, 0.15) is 48.9 Å². The molecular weight excluding hydrogens is 298 g/mol. The molecule has 0 aromatic heterocycles. The quantitative estimate of drug-likeness (QED) is 0.888. The fourth-order valence-electron chi connectivity index (χ4n) is 3.34. The Labute approximate surface area is 144 Å². The van der Waals surface area contributed by atoms with Crippen LogP contribution >= 0.6 is 0 Å². The number of rotatable bonds is 5. The molecule has 0 saturated carbocycles. The molecule has 0 unspecified atom stereocenters. The van der Waals surface area contributed by atoms with Crippen LogP contribution in [-0.2, 0) is 11.2 Å². The molecule has 0 bridgehead atoms. The predicted molar refractivity (Wildman–Crippen MR) is 96.1 cm³/mol. The first-order chi connectivity index (χ1) is 11.7. The van der Waals surface area contributed by atoms with E-state index in [1.807, 2.05) is 44.2 Å². The lowest BCUT2D eigenvalue weighted by Gasteiger charge is -2.28.